The smallest absolute Gasteiger partial charge is 0.221 e. The summed E-state index contributed by atoms with van der Waals surface area (Å²) in [7, 11) is 0. The maximum Gasteiger partial charge on any atom is 0.221 e. The number of hydrogen-bond donors (Lipinski definition) is 1. The van der Waals surface area contributed by atoms with Crippen molar-refractivity contribution < 1.29 is 9.59 Å². The first-order chi connectivity index (χ1) is 10.0. The molecule has 1 N–H and O–H groups in total. The van der Waals surface area contributed by atoms with E-state index in [0.717, 1.165) is 15.1 Å². The van der Waals surface area contributed by atoms with Gasteiger partial charge in [0.05, 0.1) is 5.75 Å². The number of ketones is 1. The van der Waals surface area contributed by atoms with Crippen LogP contribution in [0.25, 0.3) is 0 Å². The first kappa shape index (κ1) is 15.8. The van der Waals surface area contributed by atoms with E-state index in [2.05, 4.69) is 21.2 Å². The Hall–Kier alpha value is -1.59. The number of carbonyl (C=O) groups excluding carboxylic acids is 2. The highest BCUT2D eigenvalue weighted by Gasteiger charge is 2.07. The van der Waals surface area contributed by atoms with Crippen molar-refractivity contribution in [1.82, 2.24) is 0 Å². The van der Waals surface area contributed by atoms with Gasteiger partial charge in [-0.2, -0.15) is 0 Å². The molecule has 0 saturated heterocycles. The summed E-state index contributed by atoms with van der Waals surface area (Å²) in [5.41, 5.74) is 1.46. The number of nitrogens with one attached hydrogen (secondary N) is 1. The molecule has 2 aromatic rings. The molecule has 0 fully saturated rings. The van der Waals surface area contributed by atoms with Gasteiger partial charge < -0.3 is 5.32 Å². The molecule has 21 heavy (non-hydrogen) atoms. The third-order valence-corrected chi connectivity index (χ3v) is 4.20. The van der Waals surface area contributed by atoms with Crippen LogP contribution in [0.3, 0.4) is 0 Å². The molecule has 0 aliphatic heterocycles. The zero-order chi connectivity index (χ0) is 15.2. The molecule has 0 unspecified atom stereocenters. The second-order valence-corrected chi connectivity index (χ2v) is 6.39. The fourth-order valence-corrected chi connectivity index (χ4v) is 2.92. The van der Waals surface area contributed by atoms with Gasteiger partial charge in [0.15, 0.2) is 5.78 Å². The van der Waals surface area contributed by atoms with Crippen molar-refractivity contribution in [1.29, 1.82) is 0 Å². The topological polar surface area (TPSA) is 46.2 Å². The highest BCUT2D eigenvalue weighted by atomic mass is 79.9. The van der Waals surface area contributed by atoms with E-state index in [0.29, 0.717) is 11.3 Å². The molecule has 0 radical (unpaired) electrons. The summed E-state index contributed by atoms with van der Waals surface area (Å²) in [6.45, 7) is 1.47. The van der Waals surface area contributed by atoms with Crippen LogP contribution in [0, 0.1) is 0 Å². The van der Waals surface area contributed by atoms with E-state index in [-0.39, 0.29) is 11.7 Å². The molecule has 0 aliphatic carbocycles. The largest absolute Gasteiger partial charge is 0.326 e. The lowest BCUT2D eigenvalue weighted by Gasteiger charge is -2.05. The summed E-state index contributed by atoms with van der Waals surface area (Å²) >= 11 is 4.84. The Labute approximate surface area is 136 Å². The lowest BCUT2D eigenvalue weighted by atomic mass is 10.2. The molecular formula is C16H14BrNO2S. The van der Waals surface area contributed by atoms with Gasteiger partial charge in [-0.3, -0.25) is 9.59 Å². The second kappa shape index (κ2) is 7.43. The molecule has 2 aromatic carbocycles. The first-order valence-electron chi connectivity index (χ1n) is 6.34. The minimum atomic E-state index is -0.0970. The van der Waals surface area contributed by atoms with Gasteiger partial charge >= 0.3 is 0 Å². The number of amides is 1. The van der Waals surface area contributed by atoms with E-state index in [1.165, 1.54) is 18.7 Å². The van der Waals surface area contributed by atoms with Gasteiger partial charge in [-0.05, 0) is 36.4 Å². The number of benzene rings is 2. The van der Waals surface area contributed by atoms with Crippen LogP contribution in [-0.2, 0) is 4.79 Å². The normalized spacial score (nSPS) is 10.2. The molecule has 0 heterocycles. The Kier molecular flexibility index (Phi) is 5.59. The fraction of sp³-hybridized carbons (Fsp3) is 0.125. The van der Waals surface area contributed by atoms with Gasteiger partial charge in [0.25, 0.3) is 0 Å². The van der Waals surface area contributed by atoms with Crippen LogP contribution in [-0.4, -0.2) is 17.4 Å². The van der Waals surface area contributed by atoms with Crippen LogP contribution in [0.5, 0.6) is 0 Å². The average Bonchev–Trinajstić information content (AvgIpc) is 2.45. The van der Waals surface area contributed by atoms with Crippen molar-refractivity contribution in [2.45, 2.75) is 11.8 Å². The van der Waals surface area contributed by atoms with Gasteiger partial charge in [0.2, 0.25) is 5.91 Å². The summed E-state index contributed by atoms with van der Waals surface area (Å²) in [6.07, 6.45) is 0. The highest BCUT2D eigenvalue weighted by molar-refractivity contribution is 9.10. The molecule has 108 valence electrons. The molecule has 0 spiro atoms. The van der Waals surface area contributed by atoms with Gasteiger partial charge in [-0.25, -0.2) is 0 Å². The van der Waals surface area contributed by atoms with Crippen molar-refractivity contribution in [3.63, 3.8) is 0 Å². The van der Waals surface area contributed by atoms with E-state index >= 15 is 0 Å². The zero-order valence-electron chi connectivity index (χ0n) is 11.4. The monoisotopic (exact) mass is 363 g/mol. The lowest BCUT2D eigenvalue weighted by molar-refractivity contribution is -0.114. The Morgan fingerprint density at radius 3 is 2.48 bits per heavy atom. The van der Waals surface area contributed by atoms with E-state index in [1.807, 2.05) is 48.5 Å². The minimum absolute atomic E-state index is 0.0900. The van der Waals surface area contributed by atoms with Crippen LogP contribution >= 0.6 is 27.7 Å². The van der Waals surface area contributed by atoms with E-state index in [9.17, 15) is 9.59 Å². The van der Waals surface area contributed by atoms with Gasteiger partial charge in [0.1, 0.15) is 0 Å². The first-order valence-corrected chi connectivity index (χ1v) is 8.11. The number of Topliss-reactive ketones (excluding diaryl/α,β-unsaturated/α-hetero) is 1. The predicted octanol–water partition coefficient (Wildman–Crippen LogP) is 4.38. The van der Waals surface area contributed by atoms with E-state index in [4.69, 9.17) is 0 Å². The molecule has 2 rings (SSSR count). The maximum atomic E-state index is 12.1. The quantitative estimate of drug-likeness (QED) is 0.633. The number of anilines is 1. The number of carbonyl (C=O) groups is 2. The van der Waals surface area contributed by atoms with Gasteiger partial charge in [-0.1, -0.05) is 28.1 Å². The summed E-state index contributed by atoms with van der Waals surface area (Å²) in [6, 6.07) is 14.8. The fourth-order valence-electron chi connectivity index (χ4n) is 1.73. The third-order valence-electron chi connectivity index (χ3n) is 2.69. The third kappa shape index (κ3) is 5.02. The van der Waals surface area contributed by atoms with Crippen LogP contribution in [0.4, 0.5) is 5.69 Å². The number of thioether (sulfide) groups is 1. The van der Waals surface area contributed by atoms with Crippen molar-refractivity contribution in [3.05, 3.63) is 58.6 Å². The van der Waals surface area contributed by atoms with Gasteiger partial charge in [0, 0.05) is 27.5 Å². The van der Waals surface area contributed by atoms with Crippen molar-refractivity contribution in [2.24, 2.45) is 0 Å². The van der Waals surface area contributed by atoms with Crippen LogP contribution in [0.2, 0.25) is 0 Å². The van der Waals surface area contributed by atoms with Crippen LogP contribution in [0.15, 0.2) is 57.9 Å². The summed E-state index contributed by atoms with van der Waals surface area (Å²) < 4.78 is 0.901. The summed E-state index contributed by atoms with van der Waals surface area (Å²) in [5, 5.41) is 2.71. The number of halogens is 1. The zero-order valence-corrected chi connectivity index (χ0v) is 13.8. The molecule has 3 nitrogen and oxygen atoms in total. The average molecular weight is 364 g/mol. The number of hydrogen-bond acceptors (Lipinski definition) is 3. The Balaban J connectivity index is 1.93. The molecule has 0 aromatic heterocycles. The van der Waals surface area contributed by atoms with Gasteiger partial charge in [-0.15, -0.1) is 11.8 Å². The molecule has 5 heteroatoms. The molecule has 0 bridgehead atoms. The minimum Gasteiger partial charge on any atom is -0.326 e. The molecule has 0 atom stereocenters. The van der Waals surface area contributed by atoms with Crippen LogP contribution in [0.1, 0.15) is 17.3 Å². The lowest BCUT2D eigenvalue weighted by Crippen LogP contribution is -2.05. The molecule has 0 saturated carbocycles. The number of rotatable bonds is 5. The second-order valence-electron chi connectivity index (χ2n) is 4.43. The Morgan fingerprint density at radius 2 is 1.86 bits per heavy atom. The molecule has 1 amide bonds. The predicted molar refractivity (Wildman–Crippen MR) is 89.9 cm³/mol. The maximum absolute atomic E-state index is 12.1. The Bertz CT molecular complexity index is 656. The van der Waals surface area contributed by atoms with Crippen molar-refractivity contribution in [2.75, 3.05) is 11.1 Å². The van der Waals surface area contributed by atoms with Crippen molar-refractivity contribution in [3.8, 4) is 0 Å². The molecule has 0 aliphatic rings. The van der Waals surface area contributed by atoms with Crippen molar-refractivity contribution >= 4 is 45.1 Å². The SMILES string of the molecule is CC(=O)Nc1ccc(SCC(=O)c2cccc(Br)c2)cc1. The van der Waals surface area contributed by atoms with E-state index < -0.39 is 0 Å². The summed E-state index contributed by atoms with van der Waals surface area (Å²) in [4.78, 5) is 24.0. The van der Waals surface area contributed by atoms with Crippen LogP contribution < -0.4 is 5.32 Å². The Morgan fingerprint density at radius 1 is 1.14 bits per heavy atom. The molecular weight excluding hydrogens is 350 g/mol. The standard InChI is InChI=1S/C16H14BrNO2S/c1-11(19)18-14-5-7-15(8-6-14)21-10-16(20)12-3-2-4-13(17)9-12/h2-9H,10H2,1H3,(H,18,19). The van der Waals surface area contributed by atoms with E-state index in [1.54, 1.807) is 0 Å². The summed E-state index contributed by atoms with van der Waals surface area (Å²) in [5.74, 6) is 0.378. The highest BCUT2D eigenvalue weighted by Crippen LogP contribution is 2.22.